The van der Waals surface area contributed by atoms with Gasteiger partial charge in [-0.15, -0.1) is 10.2 Å². The Balaban J connectivity index is 1.52. The van der Waals surface area contributed by atoms with Crippen LogP contribution in [0, 0.1) is 0 Å². The van der Waals surface area contributed by atoms with E-state index >= 15 is 0 Å². The zero-order valence-corrected chi connectivity index (χ0v) is 14.4. The summed E-state index contributed by atoms with van der Waals surface area (Å²) >= 11 is 0. The number of anilines is 1. The summed E-state index contributed by atoms with van der Waals surface area (Å²) in [5.41, 5.74) is 0.986. The summed E-state index contributed by atoms with van der Waals surface area (Å²) in [6.07, 6.45) is 3.46. The van der Waals surface area contributed by atoms with Gasteiger partial charge >= 0.3 is 0 Å². The lowest BCUT2D eigenvalue weighted by Crippen LogP contribution is -2.33. The number of aromatic nitrogens is 6. The fourth-order valence-corrected chi connectivity index (χ4v) is 3.17. The zero-order valence-electron chi connectivity index (χ0n) is 14.4. The van der Waals surface area contributed by atoms with E-state index < -0.39 is 0 Å². The summed E-state index contributed by atoms with van der Waals surface area (Å²) in [7, 11) is 0. The molecule has 0 amide bonds. The van der Waals surface area contributed by atoms with E-state index in [9.17, 15) is 0 Å². The first-order valence-electron chi connectivity index (χ1n) is 8.63. The highest BCUT2D eigenvalue weighted by Gasteiger charge is 2.24. The van der Waals surface area contributed by atoms with Gasteiger partial charge in [0.15, 0.2) is 5.82 Å². The molecule has 128 valence electrons. The Morgan fingerprint density at radius 2 is 1.96 bits per heavy atom. The van der Waals surface area contributed by atoms with E-state index in [1.54, 1.807) is 6.33 Å². The SMILES string of the molecule is CC(C)c1nnc2n1CC(Nc1ncnc(-c3ccccc3)n1)CC2. The fraction of sp³-hybridized carbons (Fsp3) is 0.389. The number of hydrogen-bond acceptors (Lipinski definition) is 6. The smallest absolute Gasteiger partial charge is 0.226 e. The van der Waals surface area contributed by atoms with Crippen molar-refractivity contribution in [3.63, 3.8) is 0 Å². The minimum absolute atomic E-state index is 0.257. The lowest BCUT2D eigenvalue weighted by molar-refractivity contribution is 0.457. The maximum absolute atomic E-state index is 4.56. The third-order valence-corrected chi connectivity index (χ3v) is 4.43. The Bertz CT molecular complexity index is 857. The second-order valence-electron chi connectivity index (χ2n) is 6.62. The number of benzene rings is 1. The number of nitrogens with one attached hydrogen (secondary N) is 1. The van der Waals surface area contributed by atoms with Crippen molar-refractivity contribution in [3.8, 4) is 11.4 Å². The largest absolute Gasteiger partial charge is 0.350 e. The highest BCUT2D eigenvalue weighted by molar-refractivity contribution is 5.55. The van der Waals surface area contributed by atoms with Gasteiger partial charge in [0, 0.05) is 30.5 Å². The molecule has 25 heavy (non-hydrogen) atoms. The summed E-state index contributed by atoms with van der Waals surface area (Å²) in [6, 6.07) is 10.2. The van der Waals surface area contributed by atoms with Gasteiger partial charge in [0.05, 0.1) is 0 Å². The van der Waals surface area contributed by atoms with Crippen molar-refractivity contribution < 1.29 is 0 Å². The summed E-state index contributed by atoms with van der Waals surface area (Å²) in [4.78, 5) is 13.1. The lowest BCUT2D eigenvalue weighted by atomic mass is 10.1. The fourth-order valence-electron chi connectivity index (χ4n) is 3.17. The quantitative estimate of drug-likeness (QED) is 0.789. The molecule has 3 aromatic rings. The van der Waals surface area contributed by atoms with E-state index in [-0.39, 0.29) is 6.04 Å². The number of fused-ring (bicyclic) bond motifs is 1. The van der Waals surface area contributed by atoms with Crippen molar-refractivity contribution in [2.45, 2.75) is 45.2 Å². The molecule has 2 aromatic heterocycles. The minimum atomic E-state index is 0.257. The monoisotopic (exact) mass is 335 g/mol. The Morgan fingerprint density at radius 1 is 1.12 bits per heavy atom. The number of hydrogen-bond donors (Lipinski definition) is 1. The summed E-state index contributed by atoms with van der Waals surface area (Å²) in [6.45, 7) is 5.13. The predicted molar refractivity (Wildman–Crippen MR) is 95.1 cm³/mol. The molecule has 1 N–H and O–H groups in total. The topological polar surface area (TPSA) is 81.4 Å². The summed E-state index contributed by atoms with van der Waals surface area (Å²) in [5, 5.41) is 12.1. The third-order valence-electron chi connectivity index (χ3n) is 4.43. The van der Waals surface area contributed by atoms with Crippen LogP contribution in [0.15, 0.2) is 36.7 Å². The standard InChI is InChI=1S/C18H21N7/c1-12(2)17-24-23-15-9-8-14(10-25(15)17)21-18-20-11-19-16(22-18)13-6-4-3-5-7-13/h3-7,11-12,14H,8-10H2,1-2H3,(H,19,20,21,22). The molecule has 7 nitrogen and oxygen atoms in total. The highest BCUT2D eigenvalue weighted by Crippen LogP contribution is 2.22. The van der Waals surface area contributed by atoms with Crippen LogP contribution < -0.4 is 5.32 Å². The van der Waals surface area contributed by atoms with Crippen molar-refractivity contribution in [3.05, 3.63) is 48.3 Å². The molecular weight excluding hydrogens is 314 g/mol. The molecule has 1 unspecified atom stereocenters. The molecule has 0 aliphatic carbocycles. The van der Waals surface area contributed by atoms with E-state index in [4.69, 9.17) is 0 Å². The van der Waals surface area contributed by atoms with Crippen LogP contribution in [-0.2, 0) is 13.0 Å². The molecule has 4 rings (SSSR count). The lowest BCUT2D eigenvalue weighted by Gasteiger charge is -2.25. The molecule has 0 radical (unpaired) electrons. The van der Waals surface area contributed by atoms with Gasteiger partial charge in [-0.05, 0) is 6.42 Å². The second kappa shape index (κ2) is 6.58. The maximum Gasteiger partial charge on any atom is 0.226 e. The van der Waals surface area contributed by atoms with Crippen LogP contribution in [0.3, 0.4) is 0 Å². The number of nitrogens with zero attached hydrogens (tertiary/aromatic N) is 6. The molecule has 1 aliphatic heterocycles. The molecule has 0 saturated heterocycles. The van der Waals surface area contributed by atoms with Crippen LogP contribution in [0.2, 0.25) is 0 Å². The van der Waals surface area contributed by atoms with Gasteiger partial charge in [-0.3, -0.25) is 0 Å². The van der Waals surface area contributed by atoms with Gasteiger partial charge < -0.3 is 9.88 Å². The first-order valence-corrected chi connectivity index (χ1v) is 8.63. The second-order valence-corrected chi connectivity index (χ2v) is 6.62. The van der Waals surface area contributed by atoms with Gasteiger partial charge in [-0.2, -0.15) is 4.98 Å². The van der Waals surface area contributed by atoms with Gasteiger partial charge in [-0.1, -0.05) is 44.2 Å². The highest BCUT2D eigenvalue weighted by atomic mass is 15.3. The molecule has 0 spiro atoms. The minimum Gasteiger partial charge on any atom is -0.350 e. The summed E-state index contributed by atoms with van der Waals surface area (Å²) in [5.74, 6) is 3.77. The van der Waals surface area contributed by atoms with Crippen LogP contribution in [-0.4, -0.2) is 35.8 Å². The summed E-state index contributed by atoms with van der Waals surface area (Å²) < 4.78 is 2.23. The Labute approximate surface area is 146 Å². The van der Waals surface area contributed by atoms with E-state index in [0.29, 0.717) is 17.7 Å². The van der Waals surface area contributed by atoms with Crippen molar-refractivity contribution >= 4 is 5.95 Å². The normalized spacial score (nSPS) is 16.7. The van der Waals surface area contributed by atoms with Gasteiger partial charge in [0.2, 0.25) is 5.95 Å². The molecular formula is C18H21N7. The van der Waals surface area contributed by atoms with Crippen LogP contribution in [0.1, 0.15) is 37.8 Å². The molecule has 0 fully saturated rings. The molecule has 7 heteroatoms. The van der Waals surface area contributed by atoms with Crippen LogP contribution >= 0.6 is 0 Å². The maximum atomic E-state index is 4.56. The first-order chi connectivity index (χ1) is 12.2. The van der Waals surface area contributed by atoms with Gasteiger partial charge in [0.25, 0.3) is 0 Å². The number of aryl methyl sites for hydroxylation is 1. The zero-order chi connectivity index (χ0) is 17.2. The van der Waals surface area contributed by atoms with Crippen LogP contribution in [0.25, 0.3) is 11.4 Å². The van der Waals surface area contributed by atoms with Gasteiger partial charge in [0.1, 0.15) is 18.0 Å². The first kappa shape index (κ1) is 15.7. The average Bonchev–Trinajstić information content (AvgIpc) is 3.06. The van der Waals surface area contributed by atoms with Crippen LogP contribution in [0.4, 0.5) is 5.95 Å². The molecule has 1 aromatic carbocycles. The Hall–Kier alpha value is -2.83. The van der Waals surface area contributed by atoms with E-state index in [1.165, 1.54) is 0 Å². The van der Waals surface area contributed by atoms with Crippen molar-refractivity contribution in [2.24, 2.45) is 0 Å². The molecule has 1 aliphatic rings. The van der Waals surface area contributed by atoms with Crippen LogP contribution in [0.5, 0.6) is 0 Å². The van der Waals surface area contributed by atoms with Crippen molar-refractivity contribution in [1.29, 1.82) is 0 Å². The molecule has 1 atom stereocenters. The average molecular weight is 335 g/mol. The van der Waals surface area contributed by atoms with E-state index in [1.807, 2.05) is 30.3 Å². The van der Waals surface area contributed by atoms with Crippen molar-refractivity contribution in [1.82, 2.24) is 29.7 Å². The van der Waals surface area contributed by atoms with E-state index in [0.717, 1.165) is 36.6 Å². The molecule has 0 bridgehead atoms. The Morgan fingerprint density at radius 3 is 2.76 bits per heavy atom. The number of rotatable bonds is 4. The van der Waals surface area contributed by atoms with Gasteiger partial charge in [-0.25, -0.2) is 9.97 Å². The molecule has 0 saturated carbocycles. The van der Waals surface area contributed by atoms with Crippen molar-refractivity contribution in [2.75, 3.05) is 5.32 Å². The Kier molecular flexibility index (Phi) is 4.13. The molecule has 3 heterocycles. The third kappa shape index (κ3) is 3.22. The van der Waals surface area contributed by atoms with E-state index in [2.05, 4.69) is 48.9 Å². The predicted octanol–water partition coefficient (Wildman–Crippen LogP) is 2.68.